The van der Waals surface area contributed by atoms with Crippen LogP contribution in [0.25, 0.3) is 11.1 Å². The molecule has 8 aromatic rings. The van der Waals surface area contributed by atoms with E-state index in [2.05, 4.69) is 284 Å². The lowest BCUT2D eigenvalue weighted by Crippen LogP contribution is -2.62. The molecule has 0 bridgehead atoms. The van der Waals surface area contributed by atoms with Crippen molar-refractivity contribution in [1.82, 2.24) is 0 Å². The van der Waals surface area contributed by atoms with Crippen molar-refractivity contribution in [1.29, 1.82) is 0 Å². The van der Waals surface area contributed by atoms with Crippen LogP contribution in [0.3, 0.4) is 0 Å². The maximum Gasteiger partial charge on any atom is 0.252 e. The van der Waals surface area contributed by atoms with Gasteiger partial charge in [0.15, 0.2) is 0 Å². The van der Waals surface area contributed by atoms with Gasteiger partial charge in [0.25, 0.3) is 6.71 Å². The van der Waals surface area contributed by atoms with Gasteiger partial charge >= 0.3 is 0 Å². The van der Waals surface area contributed by atoms with E-state index in [1.807, 2.05) is 0 Å². The highest BCUT2D eigenvalue weighted by Crippen LogP contribution is 2.63. The third-order valence-corrected chi connectivity index (χ3v) is 22.5. The number of para-hydroxylation sites is 1. The van der Waals surface area contributed by atoms with Crippen molar-refractivity contribution in [2.75, 3.05) is 14.7 Å². The van der Waals surface area contributed by atoms with E-state index in [0.717, 1.165) is 19.3 Å². The topological polar surface area (TPSA) is 9.72 Å². The van der Waals surface area contributed by atoms with Crippen LogP contribution in [-0.2, 0) is 37.9 Å². The number of fused-ring (bicyclic) bond motifs is 10. The Kier molecular flexibility index (Phi) is 11.5. The maximum absolute atomic E-state index is 2.85. The van der Waals surface area contributed by atoms with Gasteiger partial charge in [0.1, 0.15) is 0 Å². The van der Waals surface area contributed by atoms with Crippen molar-refractivity contribution < 1.29 is 0 Å². The zero-order valence-corrected chi connectivity index (χ0v) is 53.1. The molecule has 0 amide bonds. The second-order valence-corrected chi connectivity index (χ2v) is 31.2. The summed E-state index contributed by atoms with van der Waals surface area (Å²) in [4.78, 5) is 8.39. The zero-order valence-electron chi connectivity index (χ0n) is 53.1. The molecule has 0 saturated heterocycles. The second-order valence-electron chi connectivity index (χ2n) is 31.2. The molecule has 2 atom stereocenters. The van der Waals surface area contributed by atoms with Gasteiger partial charge in [-0.1, -0.05) is 220 Å². The van der Waals surface area contributed by atoms with Crippen molar-refractivity contribution in [3.63, 3.8) is 0 Å². The van der Waals surface area contributed by atoms with Crippen LogP contribution in [0.5, 0.6) is 0 Å². The summed E-state index contributed by atoms with van der Waals surface area (Å²) >= 11 is 0. The van der Waals surface area contributed by atoms with Crippen LogP contribution in [0.15, 0.2) is 152 Å². The average Bonchev–Trinajstić information content (AvgIpc) is 1.59. The maximum atomic E-state index is 2.85. The monoisotopic (exact) mass is 1090 g/mol. The van der Waals surface area contributed by atoms with Crippen LogP contribution >= 0.6 is 0 Å². The Morgan fingerprint density at radius 2 is 0.880 bits per heavy atom. The molecule has 1 saturated carbocycles. The number of aryl methyl sites for hydroxylation is 1. The first-order valence-electron chi connectivity index (χ1n) is 31.5. The third-order valence-electron chi connectivity index (χ3n) is 22.5. The van der Waals surface area contributed by atoms with Crippen LogP contribution in [0.1, 0.15) is 205 Å². The number of benzene rings is 8. The van der Waals surface area contributed by atoms with Gasteiger partial charge in [0.2, 0.25) is 0 Å². The fourth-order valence-electron chi connectivity index (χ4n) is 17.2. The van der Waals surface area contributed by atoms with Gasteiger partial charge in [-0.3, -0.25) is 0 Å². The van der Waals surface area contributed by atoms with E-state index in [1.54, 1.807) is 0 Å². The molecule has 0 radical (unpaired) electrons. The fraction of sp³-hybridized carbons (Fsp3) is 0.392. The molecule has 3 aliphatic carbocycles. The first kappa shape index (κ1) is 54.2. The van der Waals surface area contributed by atoms with Gasteiger partial charge in [0, 0.05) is 61.6 Å². The molecular weight excluding hydrogens is 1000 g/mol. The standard InChI is InChI=1S/C79H88BN3/c1-49-41-51(72(2,3)4)33-35-64(49)81-67-47-59-58(74(8,9)39-40-75(59,10)11)45-62(67)80-63-46-60-61(77(14,15)56-30-22-21-29-55(56)76(60,12)13)48-68(63)82(65-36-34-52(73(5,6)7)42-54(65)50-27-19-18-20-28-50)70-44-53(43-69(81)71(70)80)83-66-32-24-23-31-57(66)78(16)37-25-26-38-79(78,83)17/h18-24,27-36,41-48H,25-26,37-40H2,1-17H3. The van der Waals surface area contributed by atoms with Gasteiger partial charge in [0.05, 0.1) is 11.2 Å². The van der Waals surface area contributed by atoms with E-state index in [1.165, 1.54) is 148 Å². The predicted octanol–water partition coefficient (Wildman–Crippen LogP) is 19.4. The molecule has 0 aromatic heterocycles. The van der Waals surface area contributed by atoms with E-state index in [9.17, 15) is 0 Å². The first-order chi connectivity index (χ1) is 39.1. The van der Waals surface area contributed by atoms with E-state index in [0.29, 0.717) is 0 Å². The molecule has 8 aromatic carbocycles. The van der Waals surface area contributed by atoms with Crippen molar-refractivity contribution >= 4 is 68.6 Å². The summed E-state index contributed by atoms with van der Waals surface area (Å²) < 4.78 is 0. The van der Waals surface area contributed by atoms with E-state index < -0.39 is 0 Å². The molecule has 0 N–H and O–H groups in total. The van der Waals surface area contributed by atoms with Crippen molar-refractivity contribution in [3.05, 3.63) is 207 Å². The van der Waals surface area contributed by atoms with Gasteiger partial charge in [-0.05, 0) is 187 Å². The van der Waals surface area contributed by atoms with Crippen LogP contribution in [-0.4, -0.2) is 12.3 Å². The summed E-state index contributed by atoms with van der Waals surface area (Å²) in [6.07, 6.45) is 7.07. The molecule has 6 aliphatic rings. The predicted molar refractivity (Wildman–Crippen MR) is 357 cm³/mol. The second kappa shape index (κ2) is 17.7. The highest BCUT2D eigenvalue weighted by molar-refractivity contribution is 7.00. The van der Waals surface area contributed by atoms with Gasteiger partial charge in [-0.15, -0.1) is 0 Å². The number of rotatable bonds is 4. The Hall–Kier alpha value is -6.78. The van der Waals surface area contributed by atoms with Crippen LogP contribution < -0.4 is 31.1 Å². The third kappa shape index (κ3) is 7.61. The minimum absolute atomic E-state index is 0.000331. The average molecular weight is 1090 g/mol. The van der Waals surface area contributed by atoms with E-state index in [-0.39, 0.29) is 50.2 Å². The van der Waals surface area contributed by atoms with E-state index in [4.69, 9.17) is 0 Å². The number of hydrogen-bond acceptors (Lipinski definition) is 3. The molecular formula is C79H88BN3. The Bertz CT molecular complexity index is 4030. The van der Waals surface area contributed by atoms with Crippen LogP contribution in [0.2, 0.25) is 0 Å². The van der Waals surface area contributed by atoms with Gasteiger partial charge in [-0.2, -0.15) is 0 Å². The van der Waals surface area contributed by atoms with Crippen molar-refractivity contribution in [3.8, 4) is 11.1 Å². The van der Waals surface area contributed by atoms with E-state index >= 15 is 0 Å². The van der Waals surface area contributed by atoms with Crippen molar-refractivity contribution in [2.45, 2.75) is 200 Å². The molecule has 2 unspecified atom stereocenters. The molecule has 83 heavy (non-hydrogen) atoms. The summed E-state index contributed by atoms with van der Waals surface area (Å²) in [5, 5.41) is 0. The smallest absolute Gasteiger partial charge is 0.252 e. The Labute approximate surface area is 498 Å². The number of nitrogens with zero attached hydrogens (tertiary/aromatic N) is 3. The molecule has 14 rings (SSSR count). The molecule has 3 heterocycles. The summed E-state index contributed by atoms with van der Waals surface area (Å²) in [6.45, 7) is 41.7. The van der Waals surface area contributed by atoms with Crippen LogP contribution in [0, 0.1) is 6.92 Å². The Balaban J connectivity index is 1.18. The lowest BCUT2D eigenvalue weighted by Gasteiger charge is -2.52. The summed E-state index contributed by atoms with van der Waals surface area (Å²) in [6, 6.07) is 61.2. The van der Waals surface area contributed by atoms with Crippen molar-refractivity contribution in [2.24, 2.45) is 0 Å². The van der Waals surface area contributed by atoms with Crippen LogP contribution in [0.4, 0.5) is 45.5 Å². The van der Waals surface area contributed by atoms with Gasteiger partial charge < -0.3 is 14.7 Å². The summed E-state index contributed by atoms with van der Waals surface area (Å²) in [5.41, 5.74) is 30.3. The summed E-state index contributed by atoms with van der Waals surface area (Å²) in [5.74, 6) is 0. The fourth-order valence-corrected chi connectivity index (χ4v) is 17.2. The largest absolute Gasteiger partial charge is 0.334 e. The number of hydrogen-bond donors (Lipinski definition) is 0. The lowest BCUT2D eigenvalue weighted by molar-refractivity contribution is 0.195. The lowest BCUT2D eigenvalue weighted by atomic mass is 9.32. The Morgan fingerprint density at radius 1 is 0.398 bits per heavy atom. The molecule has 3 nitrogen and oxygen atoms in total. The highest BCUT2D eigenvalue weighted by Gasteiger charge is 2.58. The highest BCUT2D eigenvalue weighted by atomic mass is 15.3. The van der Waals surface area contributed by atoms with Gasteiger partial charge in [-0.25, -0.2) is 0 Å². The minimum atomic E-state index is -0.264. The normalized spacial score (nSPS) is 21.9. The summed E-state index contributed by atoms with van der Waals surface area (Å²) in [7, 11) is 0. The molecule has 0 spiro atoms. The zero-order chi connectivity index (χ0) is 58.5. The molecule has 422 valence electrons. The number of anilines is 8. The Morgan fingerprint density at radius 3 is 1.47 bits per heavy atom. The minimum Gasteiger partial charge on any atom is -0.334 e. The SMILES string of the molecule is Cc1cc(C(C)(C)C)ccc1N1c2cc3c(cc2B2c4cc5c(cc4N(c4ccc(C(C)(C)C)cc4-c4ccccc4)c4cc(N6c7ccccc7C7(C)CCCCC67C)cc1c42)C(C)(C)c1ccccc1C5(C)C)C(C)(C)CCC3(C)C. The molecule has 4 heteroatoms. The quantitative estimate of drug-likeness (QED) is 0.163. The molecule has 3 aliphatic heterocycles. The first-order valence-corrected chi connectivity index (χ1v) is 31.5. The molecule has 1 fully saturated rings.